The summed E-state index contributed by atoms with van der Waals surface area (Å²) in [5.41, 5.74) is -0.204. The third kappa shape index (κ3) is 1.18. The molecule has 2 rings (SSSR count). The lowest BCUT2D eigenvalue weighted by Gasteiger charge is -2.37. The first-order chi connectivity index (χ1) is 6.79. The van der Waals surface area contributed by atoms with Crippen molar-refractivity contribution in [2.24, 2.45) is 16.7 Å². The number of ketones is 1. The molecule has 0 amide bonds. The molecule has 0 aromatic heterocycles. The molecule has 0 radical (unpaired) electrons. The largest absolute Gasteiger partial charge is 0.462 e. The second kappa shape index (κ2) is 2.83. The van der Waals surface area contributed by atoms with E-state index in [0.717, 1.165) is 0 Å². The Morgan fingerprint density at radius 1 is 1.40 bits per heavy atom. The second-order valence-electron chi connectivity index (χ2n) is 5.67. The monoisotopic (exact) mass is 210 g/mol. The van der Waals surface area contributed by atoms with E-state index in [2.05, 4.69) is 20.8 Å². The van der Waals surface area contributed by atoms with Gasteiger partial charge in [0.25, 0.3) is 0 Å². The van der Waals surface area contributed by atoms with Crippen LogP contribution in [0.3, 0.4) is 0 Å². The van der Waals surface area contributed by atoms with Crippen molar-refractivity contribution in [1.29, 1.82) is 0 Å². The van der Waals surface area contributed by atoms with E-state index in [1.165, 1.54) is 6.92 Å². The zero-order valence-electron chi connectivity index (χ0n) is 9.79. The van der Waals surface area contributed by atoms with Crippen LogP contribution in [0.2, 0.25) is 0 Å². The van der Waals surface area contributed by atoms with Crippen LogP contribution in [-0.4, -0.2) is 17.9 Å². The van der Waals surface area contributed by atoms with E-state index in [1.807, 2.05) is 0 Å². The number of carbonyl (C=O) groups is 2. The molecule has 2 aliphatic carbocycles. The van der Waals surface area contributed by atoms with Crippen molar-refractivity contribution in [2.75, 3.05) is 0 Å². The fourth-order valence-electron chi connectivity index (χ4n) is 3.32. The minimum atomic E-state index is -0.239. The van der Waals surface area contributed by atoms with Crippen molar-refractivity contribution in [1.82, 2.24) is 0 Å². The maximum absolute atomic E-state index is 11.7. The van der Waals surface area contributed by atoms with Crippen LogP contribution in [0.4, 0.5) is 0 Å². The molecule has 2 aliphatic rings. The molecule has 0 heterocycles. The van der Waals surface area contributed by atoms with Crippen LogP contribution in [-0.2, 0) is 14.3 Å². The Bertz CT molecular complexity index is 332. The normalized spacial score (nSPS) is 42.0. The molecule has 2 fully saturated rings. The maximum Gasteiger partial charge on any atom is 0.302 e. The van der Waals surface area contributed by atoms with E-state index in [0.29, 0.717) is 18.6 Å². The molecule has 0 saturated heterocycles. The summed E-state index contributed by atoms with van der Waals surface area (Å²) in [6.07, 6.45) is 1.19. The molecule has 3 nitrogen and oxygen atoms in total. The number of rotatable bonds is 1. The van der Waals surface area contributed by atoms with Gasteiger partial charge < -0.3 is 4.74 Å². The molecule has 2 bridgehead atoms. The van der Waals surface area contributed by atoms with Gasteiger partial charge in [-0.2, -0.15) is 0 Å². The SMILES string of the molecule is CC(=O)O[C@H]1C[C@H]2C(=O)C[C@@]1(C)C2(C)C. The molecular formula is C12H18O3. The lowest BCUT2D eigenvalue weighted by Crippen LogP contribution is -2.38. The third-order valence-electron chi connectivity index (χ3n) is 4.74. The summed E-state index contributed by atoms with van der Waals surface area (Å²) in [4.78, 5) is 22.8. The highest BCUT2D eigenvalue weighted by molar-refractivity contribution is 5.87. The summed E-state index contributed by atoms with van der Waals surface area (Å²) in [6, 6.07) is 0. The van der Waals surface area contributed by atoms with Crippen molar-refractivity contribution < 1.29 is 14.3 Å². The highest BCUT2D eigenvalue weighted by Gasteiger charge is 2.66. The highest BCUT2D eigenvalue weighted by Crippen LogP contribution is 2.64. The fourth-order valence-corrected chi connectivity index (χ4v) is 3.32. The first-order valence-corrected chi connectivity index (χ1v) is 5.49. The molecule has 84 valence electrons. The van der Waals surface area contributed by atoms with Crippen molar-refractivity contribution in [3.05, 3.63) is 0 Å². The molecule has 0 unspecified atom stereocenters. The van der Waals surface area contributed by atoms with Crippen molar-refractivity contribution in [3.63, 3.8) is 0 Å². The van der Waals surface area contributed by atoms with Gasteiger partial charge in [-0.1, -0.05) is 20.8 Å². The molecule has 0 spiro atoms. The van der Waals surface area contributed by atoms with Gasteiger partial charge in [-0.15, -0.1) is 0 Å². The van der Waals surface area contributed by atoms with Crippen LogP contribution < -0.4 is 0 Å². The summed E-state index contributed by atoms with van der Waals surface area (Å²) in [6.45, 7) is 7.74. The predicted molar refractivity (Wildman–Crippen MR) is 55.2 cm³/mol. The minimum Gasteiger partial charge on any atom is -0.462 e. The van der Waals surface area contributed by atoms with Crippen molar-refractivity contribution in [3.8, 4) is 0 Å². The smallest absolute Gasteiger partial charge is 0.302 e. The van der Waals surface area contributed by atoms with E-state index < -0.39 is 0 Å². The molecule has 0 aliphatic heterocycles. The van der Waals surface area contributed by atoms with E-state index in [-0.39, 0.29) is 28.8 Å². The lowest BCUT2D eigenvalue weighted by atomic mass is 9.70. The predicted octanol–water partition coefficient (Wildman–Crippen LogP) is 1.94. The summed E-state index contributed by atoms with van der Waals surface area (Å²) < 4.78 is 5.34. The number of hydrogen-bond acceptors (Lipinski definition) is 3. The summed E-state index contributed by atoms with van der Waals surface area (Å²) in [5, 5.41) is 0. The van der Waals surface area contributed by atoms with Crippen LogP contribution in [0.15, 0.2) is 0 Å². The summed E-state index contributed by atoms with van der Waals surface area (Å²) >= 11 is 0. The topological polar surface area (TPSA) is 43.4 Å². The number of fused-ring (bicyclic) bond motifs is 2. The molecule has 0 aromatic carbocycles. The Kier molecular flexibility index (Phi) is 2.01. The highest BCUT2D eigenvalue weighted by atomic mass is 16.5. The van der Waals surface area contributed by atoms with Gasteiger partial charge in [0.05, 0.1) is 0 Å². The molecule has 3 atom stereocenters. The fraction of sp³-hybridized carbons (Fsp3) is 0.833. The lowest BCUT2D eigenvalue weighted by molar-refractivity contribution is -0.155. The Morgan fingerprint density at radius 2 is 2.00 bits per heavy atom. The minimum absolute atomic E-state index is 0.0375. The standard InChI is InChI=1S/C12H18O3/c1-7(13)15-10-5-8-9(14)6-12(10,4)11(8,2)3/h8,10H,5-6H2,1-4H3/t8-,10-,12+/m0/s1. The first-order valence-electron chi connectivity index (χ1n) is 5.49. The third-order valence-corrected chi connectivity index (χ3v) is 4.74. The number of esters is 1. The van der Waals surface area contributed by atoms with Gasteiger partial charge in [0.2, 0.25) is 0 Å². The number of Topliss-reactive ketones (excluding diaryl/α,β-unsaturated/α-hetero) is 1. The Morgan fingerprint density at radius 3 is 2.33 bits per heavy atom. The second-order valence-corrected chi connectivity index (χ2v) is 5.67. The maximum atomic E-state index is 11.7. The number of carbonyl (C=O) groups excluding carboxylic acids is 2. The molecule has 3 heteroatoms. The molecule has 0 aromatic rings. The quantitative estimate of drug-likeness (QED) is 0.621. The zero-order valence-corrected chi connectivity index (χ0v) is 9.79. The Labute approximate surface area is 90.2 Å². The molecule has 0 N–H and O–H groups in total. The first kappa shape index (κ1) is 10.7. The Hall–Kier alpha value is -0.860. The van der Waals surface area contributed by atoms with Gasteiger partial charge in [0.1, 0.15) is 11.9 Å². The van der Waals surface area contributed by atoms with Gasteiger partial charge >= 0.3 is 5.97 Å². The van der Waals surface area contributed by atoms with Crippen molar-refractivity contribution >= 4 is 11.8 Å². The van der Waals surface area contributed by atoms with Crippen LogP contribution >= 0.6 is 0 Å². The van der Waals surface area contributed by atoms with Crippen LogP contribution in [0.5, 0.6) is 0 Å². The molecular weight excluding hydrogens is 192 g/mol. The average molecular weight is 210 g/mol. The molecule has 2 saturated carbocycles. The van der Waals surface area contributed by atoms with Crippen LogP contribution in [0.1, 0.15) is 40.5 Å². The van der Waals surface area contributed by atoms with E-state index in [1.54, 1.807) is 0 Å². The van der Waals surface area contributed by atoms with Gasteiger partial charge in [-0.05, 0) is 11.8 Å². The van der Waals surface area contributed by atoms with E-state index in [9.17, 15) is 9.59 Å². The van der Waals surface area contributed by atoms with Gasteiger partial charge in [0.15, 0.2) is 0 Å². The Balaban J connectivity index is 2.30. The van der Waals surface area contributed by atoms with Gasteiger partial charge in [-0.3, -0.25) is 9.59 Å². The molecule has 15 heavy (non-hydrogen) atoms. The van der Waals surface area contributed by atoms with Crippen LogP contribution in [0, 0.1) is 16.7 Å². The van der Waals surface area contributed by atoms with Gasteiger partial charge in [-0.25, -0.2) is 0 Å². The van der Waals surface area contributed by atoms with Gasteiger partial charge in [0, 0.05) is 24.7 Å². The van der Waals surface area contributed by atoms with Crippen LogP contribution in [0.25, 0.3) is 0 Å². The average Bonchev–Trinajstić information content (AvgIpc) is 2.33. The summed E-state index contributed by atoms with van der Waals surface area (Å²) in [7, 11) is 0. The number of hydrogen-bond donors (Lipinski definition) is 0. The zero-order chi connectivity index (χ0) is 11.4. The number of ether oxygens (including phenoxy) is 1. The van der Waals surface area contributed by atoms with E-state index in [4.69, 9.17) is 4.74 Å². The van der Waals surface area contributed by atoms with E-state index >= 15 is 0 Å². The summed E-state index contributed by atoms with van der Waals surface area (Å²) in [5.74, 6) is 0.176. The van der Waals surface area contributed by atoms with Crippen molar-refractivity contribution in [2.45, 2.75) is 46.6 Å².